The second kappa shape index (κ2) is 3.67. The van der Waals surface area contributed by atoms with Gasteiger partial charge < -0.3 is 10.3 Å². The largest absolute Gasteiger partial charge is 0.385 e. The summed E-state index contributed by atoms with van der Waals surface area (Å²) in [7, 11) is 0. The van der Waals surface area contributed by atoms with Gasteiger partial charge in [-0.3, -0.25) is 0 Å². The number of benzene rings is 1. The second-order valence-electron chi connectivity index (χ2n) is 4.34. The molecule has 0 bridgehead atoms. The van der Waals surface area contributed by atoms with Crippen molar-refractivity contribution in [1.82, 2.24) is 4.57 Å². The van der Waals surface area contributed by atoms with Crippen molar-refractivity contribution in [3.05, 3.63) is 27.7 Å². The zero-order valence-corrected chi connectivity index (χ0v) is 11.1. The van der Waals surface area contributed by atoms with Gasteiger partial charge >= 0.3 is 0 Å². The molecule has 3 rings (SSSR count). The lowest BCUT2D eigenvalue weighted by Crippen LogP contribution is -2.18. The molecule has 0 unspecified atom stereocenters. The summed E-state index contributed by atoms with van der Waals surface area (Å²) >= 11 is 9.69. The third kappa shape index (κ3) is 1.45. The van der Waals surface area contributed by atoms with Crippen LogP contribution >= 0.6 is 27.5 Å². The molecule has 2 aromatic rings. The zero-order chi connectivity index (χ0) is 11.3. The van der Waals surface area contributed by atoms with Crippen LogP contribution in [0.5, 0.6) is 0 Å². The van der Waals surface area contributed by atoms with Gasteiger partial charge in [0, 0.05) is 15.9 Å². The van der Waals surface area contributed by atoms with Crippen LogP contribution < -0.4 is 5.73 Å². The monoisotopic (exact) mass is 298 g/mol. The first-order chi connectivity index (χ1) is 7.66. The SMILES string of the molecule is Nc1cc2c(Cl)cc(Br)cc2n1C1CCC1. The molecule has 1 saturated carbocycles. The lowest BCUT2D eigenvalue weighted by molar-refractivity contribution is 0.325. The van der Waals surface area contributed by atoms with E-state index < -0.39 is 0 Å². The van der Waals surface area contributed by atoms with Gasteiger partial charge in [-0.1, -0.05) is 27.5 Å². The number of nitrogens with two attached hydrogens (primary N) is 1. The van der Waals surface area contributed by atoms with Crippen LogP contribution in [0.1, 0.15) is 25.3 Å². The van der Waals surface area contributed by atoms with Crippen LogP contribution in [-0.4, -0.2) is 4.57 Å². The van der Waals surface area contributed by atoms with Crippen LogP contribution in [0.2, 0.25) is 5.02 Å². The van der Waals surface area contributed by atoms with Crippen molar-refractivity contribution in [1.29, 1.82) is 0 Å². The summed E-state index contributed by atoms with van der Waals surface area (Å²) < 4.78 is 3.22. The molecule has 0 spiro atoms. The van der Waals surface area contributed by atoms with Crippen LogP contribution in [0.3, 0.4) is 0 Å². The van der Waals surface area contributed by atoms with E-state index in [1.807, 2.05) is 12.1 Å². The Morgan fingerprint density at radius 3 is 2.69 bits per heavy atom. The molecule has 1 aromatic carbocycles. The lowest BCUT2D eigenvalue weighted by atomic mass is 9.93. The van der Waals surface area contributed by atoms with Crippen LogP contribution in [0.25, 0.3) is 10.9 Å². The number of rotatable bonds is 1. The summed E-state index contributed by atoms with van der Waals surface area (Å²) in [4.78, 5) is 0. The Balaban J connectivity index is 2.29. The smallest absolute Gasteiger partial charge is 0.104 e. The van der Waals surface area contributed by atoms with Gasteiger partial charge in [-0.2, -0.15) is 0 Å². The number of nitrogens with zero attached hydrogens (tertiary/aromatic N) is 1. The van der Waals surface area contributed by atoms with Crippen LogP contribution in [0.4, 0.5) is 5.82 Å². The molecule has 16 heavy (non-hydrogen) atoms. The molecular weight excluding hydrogens is 288 g/mol. The summed E-state index contributed by atoms with van der Waals surface area (Å²) in [6.45, 7) is 0. The van der Waals surface area contributed by atoms with E-state index in [1.54, 1.807) is 0 Å². The molecule has 1 aliphatic carbocycles. The van der Waals surface area contributed by atoms with Crippen molar-refractivity contribution in [3.63, 3.8) is 0 Å². The molecule has 0 aliphatic heterocycles. The third-order valence-electron chi connectivity index (χ3n) is 3.34. The lowest BCUT2D eigenvalue weighted by Gasteiger charge is -2.29. The first-order valence-corrected chi connectivity index (χ1v) is 6.59. The number of nitrogen functional groups attached to an aromatic ring is 1. The van der Waals surface area contributed by atoms with E-state index in [0.717, 1.165) is 26.2 Å². The number of aromatic nitrogens is 1. The van der Waals surface area contributed by atoms with E-state index in [0.29, 0.717) is 6.04 Å². The average Bonchev–Trinajstić information content (AvgIpc) is 2.43. The van der Waals surface area contributed by atoms with Crippen molar-refractivity contribution in [2.45, 2.75) is 25.3 Å². The number of hydrogen-bond acceptors (Lipinski definition) is 1. The minimum absolute atomic E-state index is 0.558. The Kier molecular flexibility index (Phi) is 2.41. The Hall–Kier alpha value is -0.670. The predicted octanol–water partition coefficient (Wildman–Crippen LogP) is 4.36. The van der Waals surface area contributed by atoms with Gasteiger partial charge in [0.2, 0.25) is 0 Å². The van der Waals surface area contributed by atoms with Crippen molar-refractivity contribution in [2.75, 3.05) is 5.73 Å². The maximum atomic E-state index is 6.21. The summed E-state index contributed by atoms with van der Waals surface area (Å²) in [6, 6.07) is 6.54. The van der Waals surface area contributed by atoms with Crippen molar-refractivity contribution in [3.8, 4) is 0 Å². The van der Waals surface area contributed by atoms with E-state index >= 15 is 0 Å². The molecule has 2 nitrogen and oxygen atoms in total. The van der Waals surface area contributed by atoms with Crippen molar-refractivity contribution < 1.29 is 0 Å². The zero-order valence-electron chi connectivity index (χ0n) is 8.71. The second-order valence-corrected chi connectivity index (χ2v) is 5.67. The molecule has 0 atom stereocenters. The normalized spacial score (nSPS) is 16.6. The third-order valence-corrected chi connectivity index (χ3v) is 4.11. The summed E-state index contributed by atoms with van der Waals surface area (Å²) in [5.41, 5.74) is 7.21. The highest BCUT2D eigenvalue weighted by atomic mass is 79.9. The molecular formula is C12H12BrClN2. The van der Waals surface area contributed by atoms with Gasteiger partial charge in [0.15, 0.2) is 0 Å². The minimum atomic E-state index is 0.558. The van der Waals surface area contributed by atoms with Crippen LogP contribution in [0, 0.1) is 0 Å². The van der Waals surface area contributed by atoms with Crippen LogP contribution in [0.15, 0.2) is 22.7 Å². The first-order valence-electron chi connectivity index (χ1n) is 5.42. The van der Waals surface area contributed by atoms with Gasteiger partial charge in [0.1, 0.15) is 5.82 Å². The van der Waals surface area contributed by atoms with Gasteiger partial charge in [-0.25, -0.2) is 0 Å². The first kappa shape index (κ1) is 10.5. The fraction of sp³-hybridized carbons (Fsp3) is 0.333. The standard InChI is InChI=1S/C12H12BrClN2/c13-7-4-10(14)9-6-12(15)16(11(9)5-7)8-2-1-3-8/h4-6,8H,1-3,15H2. The maximum absolute atomic E-state index is 6.21. The molecule has 1 aromatic heterocycles. The minimum Gasteiger partial charge on any atom is -0.385 e. The summed E-state index contributed by atoms with van der Waals surface area (Å²) in [6.07, 6.45) is 3.74. The fourth-order valence-electron chi connectivity index (χ4n) is 2.32. The average molecular weight is 300 g/mol. The topological polar surface area (TPSA) is 30.9 Å². The van der Waals surface area contributed by atoms with E-state index in [1.165, 1.54) is 19.3 Å². The molecule has 84 valence electrons. The molecule has 2 N–H and O–H groups in total. The number of hydrogen-bond donors (Lipinski definition) is 1. The molecule has 0 amide bonds. The number of halogens is 2. The van der Waals surface area contributed by atoms with Gasteiger partial charge in [0.25, 0.3) is 0 Å². The summed E-state index contributed by atoms with van der Waals surface area (Å²) in [5, 5.41) is 1.81. The van der Waals surface area contributed by atoms with Gasteiger partial charge in [0.05, 0.1) is 10.5 Å². The molecule has 1 aliphatic rings. The highest BCUT2D eigenvalue weighted by molar-refractivity contribution is 9.10. The number of fused-ring (bicyclic) bond motifs is 1. The fourth-order valence-corrected chi connectivity index (χ4v) is 3.17. The Bertz CT molecular complexity index is 558. The quantitative estimate of drug-likeness (QED) is 0.833. The van der Waals surface area contributed by atoms with E-state index in [9.17, 15) is 0 Å². The van der Waals surface area contributed by atoms with Crippen molar-refractivity contribution in [2.24, 2.45) is 0 Å². The Morgan fingerprint density at radius 2 is 2.06 bits per heavy atom. The Labute approximate surface area is 107 Å². The predicted molar refractivity (Wildman–Crippen MR) is 71.9 cm³/mol. The highest BCUT2D eigenvalue weighted by Gasteiger charge is 2.23. The number of anilines is 1. The van der Waals surface area contributed by atoms with Gasteiger partial charge in [-0.05, 0) is 37.5 Å². The molecule has 0 radical (unpaired) electrons. The molecule has 1 fully saturated rings. The van der Waals surface area contributed by atoms with E-state index in [-0.39, 0.29) is 0 Å². The Morgan fingerprint density at radius 1 is 1.31 bits per heavy atom. The van der Waals surface area contributed by atoms with Crippen LogP contribution in [-0.2, 0) is 0 Å². The molecule has 1 heterocycles. The maximum Gasteiger partial charge on any atom is 0.104 e. The summed E-state index contributed by atoms with van der Waals surface area (Å²) in [5.74, 6) is 0.819. The van der Waals surface area contributed by atoms with Crippen molar-refractivity contribution >= 4 is 44.3 Å². The highest BCUT2D eigenvalue weighted by Crippen LogP contribution is 2.40. The molecule has 0 saturated heterocycles. The van der Waals surface area contributed by atoms with E-state index in [4.69, 9.17) is 17.3 Å². The van der Waals surface area contributed by atoms with Gasteiger partial charge in [-0.15, -0.1) is 0 Å². The van der Waals surface area contributed by atoms with E-state index in [2.05, 4.69) is 26.6 Å². The molecule has 4 heteroatoms.